The molecule has 0 bridgehead atoms. The summed E-state index contributed by atoms with van der Waals surface area (Å²) < 4.78 is 0. The summed E-state index contributed by atoms with van der Waals surface area (Å²) in [7, 11) is 0. The number of urea groups is 1. The molecule has 3 amide bonds. The maximum Gasteiger partial charge on any atom is 0.321 e. The summed E-state index contributed by atoms with van der Waals surface area (Å²) in [5.41, 5.74) is 0. The molecule has 2 aliphatic rings. The zero-order chi connectivity index (χ0) is 14.7. The Balaban J connectivity index is 1.51. The van der Waals surface area contributed by atoms with Crippen molar-refractivity contribution >= 4 is 28.4 Å². The summed E-state index contributed by atoms with van der Waals surface area (Å²) in [5.74, 6) is 0.584. The summed E-state index contributed by atoms with van der Waals surface area (Å²) in [6.07, 6.45) is 8.59. The van der Waals surface area contributed by atoms with Crippen molar-refractivity contribution in [3.63, 3.8) is 0 Å². The van der Waals surface area contributed by atoms with Crippen molar-refractivity contribution in [3.05, 3.63) is 11.1 Å². The van der Waals surface area contributed by atoms with Gasteiger partial charge in [0.25, 0.3) is 0 Å². The van der Waals surface area contributed by atoms with Crippen LogP contribution in [0.5, 0.6) is 0 Å². The third-order valence-electron chi connectivity index (χ3n) is 4.06. The lowest BCUT2D eigenvalue weighted by atomic mass is 9.89. The molecule has 1 aliphatic carbocycles. The molecule has 1 aromatic heterocycles. The highest BCUT2D eigenvalue weighted by Crippen LogP contribution is 2.36. The molecule has 7 heteroatoms. The molecular weight excluding hydrogens is 288 g/mol. The Bertz CT molecular complexity index is 525. The van der Waals surface area contributed by atoms with E-state index in [1.807, 2.05) is 6.20 Å². The maximum absolute atomic E-state index is 11.9. The second kappa shape index (κ2) is 6.43. The number of carbonyl (C=O) groups excluding carboxylic acids is 2. The van der Waals surface area contributed by atoms with Crippen molar-refractivity contribution in [3.8, 4) is 0 Å². The van der Waals surface area contributed by atoms with Crippen LogP contribution in [0.4, 0.5) is 9.93 Å². The van der Waals surface area contributed by atoms with E-state index in [1.54, 1.807) is 11.3 Å². The van der Waals surface area contributed by atoms with E-state index in [4.69, 9.17) is 0 Å². The van der Waals surface area contributed by atoms with Crippen molar-refractivity contribution in [2.45, 2.75) is 50.5 Å². The topological polar surface area (TPSA) is 83.1 Å². The minimum absolute atomic E-state index is 0.0193. The molecular formula is C14H20N4O2S. The normalized spacial score (nSPS) is 22.9. The number of nitrogens with zero attached hydrogens (tertiary/aromatic N) is 1. The molecule has 6 nitrogen and oxygen atoms in total. The van der Waals surface area contributed by atoms with Gasteiger partial charge < -0.3 is 10.6 Å². The molecule has 1 saturated heterocycles. The van der Waals surface area contributed by atoms with Crippen LogP contribution in [-0.2, 0) is 4.79 Å². The highest BCUT2D eigenvalue weighted by Gasteiger charge is 2.23. The van der Waals surface area contributed by atoms with E-state index in [2.05, 4.69) is 20.9 Å². The molecule has 114 valence electrons. The number of aromatic nitrogens is 1. The molecule has 1 atom stereocenters. The van der Waals surface area contributed by atoms with Crippen LogP contribution in [0.15, 0.2) is 6.20 Å². The van der Waals surface area contributed by atoms with E-state index in [1.165, 1.54) is 37.0 Å². The molecule has 1 aliphatic heterocycles. The number of hydrogen-bond acceptors (Lipinski definition) is 4. The van der Waals surface area contributed by atoms with Crippen molar-refractivity contribution in [2.75, 3.05) is 11.9 Å². The van der Waals surface area contributed by atoms with Gasteiger partial charge in [0.05, 0.1) is 6.04 Å². The minimum Gasteiger partial charge on any atom is -0.354 e. The van der Waals surface area contributed by atoms with Gasteiger partial charge in [-0.2, -0.15) is 0 Å². The second-order valence-corrected chi connectivity index (χ2v) is 6.77. The SMILES string of the molecule is O=C1CC(NC(=O)Nc2ncc(C3CCCCC3)s2)CN1. The van der Waals surface area contributed by atoms with E-state index >= 15 is 0 Å². The second-order valence-electron chi connectivity index (χ2n) is 5.71. The van der Waals surface area contributed by atoms with Gasteiger partial charge in [-0.25, -0.2) is 9.78 Å². The lowest BCUT2D eigenvalue weighted by molar-refractivity contribution is -0.119. The molecule has 0 aromatic carbocycles. The van der Waals surface area contributed by atoms with Gasteiger partial charge in [-0.1, -0.05) is 19.3 Å². The van der Waals surface area contributed by atoms with Crippen molar-refractivity contribution < 1.29 is 9.59 Å². The van der Waals surface area contributed by atoms with Crippen LogP contribution < -0.4 is 16.0 Å². The van der Waals surface area contributed by atoms with Crippen molar-refractivity contribution in [1.82, 2.24) is 15.6 Å². The quantitative estimate of drug-likeness (QED) is 0.800. The third-order valence-corrected chi connectivity index (χ3v) is 5.14. The number of amides is 3. The summed E-state index contributed by atoms with van der Waals surface area (Å²) in [4.78, 5) is 28.5. The molecule has 3 N–H and O–H groups in total. The van der Waals surface area contributed by atoms with Crippen LogP contribution in [0.25, 0.3) is 0 Å². The maximum atomic E-state index is 11.9. The monoisotopic (exact) mass is 308 g/mol. The fraction of sp³-hybridized carbons (Fsp3) is 0.643. The number of anilines is 1. The predicted molar refractivity (Wildman–Crippen MR) is 81.5 cm³/mol. The predicted octanol–water partition coefficient (Wildman–Crippen LogP) is 2.20. The first kappa shape index (κ1) is 14.3. The molecule has 1 saturated carbocycles. The zero-order valence-electron chi connectivity index (χ0n) is 11.9. The van der Waals surface area contributed by atoms with Crippen molar-refractivity contribution in [1.29, 1.82) is 0 Å². The lowest BCUT2D eigenvalue weighted by Crippen LogP contribution is -2.39. The number of rotatable bonds is 3. The Morgan fingerprint density at radius 2 is 2.14 bits per heavy atom. The van der Waals surface area contributed by atoms with Crippen LogP contribution in [-0.4, -0.2) is 29.5 Å². The van der Waals surface area contributed by atoms with E-state index < -0.39 is 0 Å². The standard InChI is InChI=1S/C14H20N4O2S/c19-12-6-10(7-15-12)17-13(20)18-14-16-8-11(21-14)9-4-2-1-3-5-9/h8-10H,1-7H2,(H,15,19)(H2,16,17,18,20). The van der Waals surface area contributed by atoms with Crippen LogP contribution in [0, 0.1) is 0 Å². The fourth-order valence-electron chi connectivity index (χ4n) is 2.95. The Morgan fingerprint density at radius 1 is 1.33 bits per heavy atom. The number of nitrogens with one attached hydrogen (secondary N) is 3. The number of hydrogen-bond donors (Lipinski definition) is 3. The first-order valence-electron chi connectivity index (χ1n) is 7.50. The smallest absolute Gasteiger partial charge is 0.321 e. The van der Waals surface area contributed by atoms with Crippen LogP contribution in [0.3, 0.4) is 0 Å². The first-order valence-corrected chi connectivity index (χ1v) is 8.32. The zero-order valence-corrected chi connectivity index (χ0v) is 12.7. The Kier molecular flexibility index (Phi) is 4.38. The molecule has 0 radical (unpaired) electrons. The molecule has 21 heavy (non-hydrogen) atoms. The third kappa shape index (κ3) is 3.72. The summed E-state index contributed by atoms with van der Waals surface area (Å²) >= 11 is 1.56. The largest absolute Gasteiger partial charge is 0.354 e. The van der Waals surface area contributed by atoms with E-state index in [9.17, 15) is 9.59 Å². The van der Waals surface area contributed by atoms with Gasteiger partial charge in [-0.3, -0.25) is 10.1 Å². The fourth-order valence-corrected chi connectivity index (χ4v) is 3.93. The molecule has 0 spiro atoms. The lowest BCUT2D eigenvalue weighted by Gasteiger charge is -2.19. The van der Waals surface area contributed by atoms with Crippen molar-refractivity contribution in [2.24, 2.45) is 0 Å². The Labute approximate surface area is 127 Å². The highest BCUT2D eigenvalue weighted by molar-refractivity contribution is 7.15. The van der Waals surface area contributed by atoms with Gasteiger partial charge in [0.1, 0.15) is 0 Å². The van der Waals surface area contributed by atoms with Gasteiger partial charge in [0.2, 0.25) is 5.91 Å². The average Bonchev–Trinajstić information content (AvgIpc) is 3.09. The Morgan fingerprint density at radius 3 is 2.86 bits per heavy atom. The molecule has 2 heterocycles. The molecule has 3 rings (SSSR count). The summed E-state index contributed by atoms with van der Waals surface area (Å²) in [6.45, 7) is 0.497. The van der Waals surface area contributed by atoms with Gasteiger partial charge in [0.15, 0.2) is 5.13 Å². The van der Waals surface area contributed by atoms with Gasteiger partial charge in [-0.05, 0) is 18.8 Å². The van der Waals surface area contributed by atoms with Crippen LogP contribution in [0.1, 0.15) is 49.3 Å². The molecule has 1 aromatic rings. The minimum atomic E-state index is -0.291. The van der Waals surface area contributed by atoms with Crippen LogP contribution >= 0.6 is 11.3 Å². The van der Waals surface area contributed by atoms with Gasteiger partial charge in [0, 0.05) is 24.0 Å². The summed E-state index contributed by atoms with van der Waals surface area (Å²) in [5, 5.41) is 8.86. The Hall–Kier alpha value is -1.63. The first-order chi connectivity index (χ1) is 10.2. The summed E-state index contributed by atoms with van der Waals surface area (Å²) in [6, 6.07) is -0.420. The highest BCUT2D eigenvalue weighted by atomic mass is 32.1. The number of thiazole rings is 1. The van der Waals surface area contributed by atoms with Crippen LogP contribution in [0.2, 0.25) is 0 Å². The van der Waals surface area contributed by atoms with E-state index in [0.29, 0.717) is 24.0 Å². The van der Waals surface area contributed by atoms with Gasteiger partial charge >= 0.3 is 6.03 Å². The number of carbonyl (C=O) groups is 2. The molecule has 1 unspecified atom stereocenters. The van der Waals surface area contributed by atoms with Gasteiger partial charge in [-0.15, -0.1) is 11.3 Å². The average molecular weight is 308 g/mol. The molecule has 2 fully saturated rings. The van der Waals surface area contributed by atoms with E-state index in [0.717, 1.165) is 0 Å². The van der Waals surface area contributed by atoms with E-state index in [-0.39, 0.29) is 18.0 Å².